The van der Waals surface area contributed by atoms with Gasteiger partial charge >= 0.3 is 5.97 Å². The Balaban J connectivity index is 1.88. The molecule has 3 heterocycles. The van der Waals surface area contributed by atoms with E-state index in [9.17, 15) is 9.59 Å². The standard InChI is InChI=1S/C16H23NO4/c1-5-10(4)17-8-16-7-6-11(21-16)12(13(16)14(17)18)15(19)20-9(2)3/h6-7,9-13H,5,8H2,1-4H3/t10-,11+,12+,13-,16+/m1/s1. The maximum absolute atomic E-state index is 12.8. The fourth-order valence-corrected chi connectivity index (χ4v) is 3.70. The second-order valence-electron chi connectivity index (χ2n) is 6.61. The first-order chi connectivity index (χ1) is 9.89. The molecule has 3 aliphatic rings. The summed E-state index contributed by atoms with van der Waals surface area (Å²) in [4.78, 5) is 27.0. The molecule has 0 unspecified atom stereocenters. The second-order valence-corrected chi connectivity index (χ2v) is 6.61. The lowest BCUT2D eigenvalue weighted by atomic mass is 9.77. The van der Waals surface area contributed by atoms with Crippen LogP contribution in [0.4, 0.5) is 0 Å². The Kier molecular flexibility index (Phi) is 3.35. The van der Waals surface area contributed by atoms with Gasteiger partial charge in [0.1, 0.15) is 11.5 Å². The zero-order valence-electron chi connectivity index (χ0n) is 13.0. The van der Waals surface area contributed by atoms with E-state index in [1.54, 1.807) is 0 Å². The summed E-state index contributed by atoms with van der Waals surface area (Å²) in [6.45, 7) is 8.28. The number of rotatable bonds is 4. The highest BCUT2D eigenvalue weighted by Crippen LogP contribution is 2.52. The monoisotopic (exact) mass is 293 g/mol. The zero-order valence-corrected chi connectivity index (χ0v) is 13.0. The van der Waals surface area contributed by atoms with Gasteiger partial charge in [-0.05, 0) is 27.2 Å². The smallest absolute Gasteiger partial charge is 0.313 e. The highest BCUT2D eigenvalue weighted by Gasteiger charge is 2.67. The molecule has 5 heteroatoms. The summed E-state index contributed by atoms with van der Waals surface area (Å²) in [7, 11) is 0. The Morgan fingerprint density at radius 1 is 1.52 bits per heavy atom. The Bertz CT molecular complexity index is 501. The first-order valence-corrected chi connectivity index (χ1v) is 7.77. The Hall–Kier alpha value is -1.36. The summed E-state index contributed by atoms with van der Waals surface area (Å²) in [6, 6.07) is 0.162. The maximum atomic E-state index is 12.8. The van der Waals surface area contributed by atoms with E-state index in [0.29, 0.717) is 6.54 Å². The molecule has 21 heavy (non-hydrogen) atoms. The van der Waals surface area contributed by atoms with E-state index < -0.39 is 17.4 Å². The summed E-state index contributed by atoms with van der Waals surface area (Å²) in [5.41, 5.74) is -0.619. The normalized spacial score (nSPS) is 38.2. The molecule has 0 aliphatic carbocycles. The number of hydrogen-bond donors (Lipinski definition) is 0. The van der Waals surface area contributed by atoms with Gasteiger partial charge in [-0.25, -0.2) is 0 Å². The third-order valence-electron chi connectivity index (χ3n) is 4.88. The van der Waals surface area contributed by atoms with Gasteiger partial charge < -0.3 is 14.4 Å². The number of nitrogens with zero attached hydrogens (tertiary/aromatic N) is 1. The molecule has 0 N–H and O–H groups in total. The van der Waals surface area contributed by atoms with E-state index in [1.165, 1.54) is 0 Å². The molecule has 0 aromatic rings. The average Bonchev–Trinajstić information content (AvgIpc) is 3.05. The molecule has 0 aromatic heterocycles. The topological polar surface area (TPSA) is 55.8 Å². The Labute approximate surface area is 125 Å². The van der Waals surface area contributed by atoms with Gasteiger partial charge in [0.25, 0.3) is 0 Å². The molecule has 2 bridgehead atoms. The number of carbonyl (C=O) groups excluding carboxylic acids is 2. The van der Waals surface area contributed by atoms with Crippen LogP contribution in [0.2, 0.25) is 0 Å². The van der Waals surface area contributed by atoms with E-state index in [1.807, 2.05) is 37.8 Å². The molecule has 1 amide bonds. The van der Waals surface area contributed by atoms with E-state index in [2.05, 4.69) is 6.92 Å². The minimum Gasteiger partial charge on any atom is -0.463 e. The molecule has 3 rings (SSSR count). The van der Waals surface area contributed by atoms with E-state index >= 15 is 0 Å². The predicted molar refractivity (Wildman–Crippen MR) is 76.4 cm³/mol. The zero-order chi connectivity index (χ0) is 15.4. The molecular weight excluding hydrogens is 270 g/mol. The van der Waals surface area contributed by atoms with E-state index in [-0.39, 0.29) is 30.1 Å². The van der Waals surface area contributed by atoms with Crippen LogP contribution in [-0.2, 0) is 19.1 Å². The third kappa shape index (κ3) is 2.01. The molecule has 0 radical (unpaired) electrons. The van der Waals surface area contributed by atoms with Gasteiger partial charge in [0.05, 0.1) is 24.7 Å². The average molecular weight is 293 g/mol. The minimum absolute atomic E-state index is 0.0295. The van der Waals surface area contributed by atoms with Gasteiger partial charge in [-0.1, -0.05) is 19.1 Å². The van der Waals surface area contributed by atoms with Crippen LogP contribution in [0.3, 0.4) is 0 Å². The third-order valence-corrected chi connectivity index (χ3v) is 4.88. The molecule has 0 saturated carbocycles. The van der Waals surface area contributed by atoms with Gasteiger partial charge in [-0.2, -0.15) is 0 Å². The van der Waals surface area contributed by atoms with Crippen molar-refractivity contribution in [1.82, 2.24) is 4.90 Å². The maximum Gasteiger partial charge on any atom is 0.313 e. The fourth-order valence-electron chi connectivity index (χ4n) is 3.70. The van der Waals surface area contributed by atoms with Crippen molar-refractivity contribution in [2.75, 3.05) is 6.54 Å². The van der Waals surface area contributed by atoms with Crippen LogP contribution in [0.25, 0.3) is 0 Å². The van der Waals surface area contributed by atoms with Crippen molar-refractivity contribution in [2.24, 2.45) is 11.8 Å². The molecule has 116 valence electrons. The van der Waals surface area contributed by atoms with Gasteiger partial charge in [0.15, 0.2) is 0 Å². The molecule has 5 nitrogen and oxygen atoms in total. The summed E-state index contributed by atoms with van der Waals surface area (Å²) in [6.07, 6.45) is 4.28. The summed E-state index contributed by atoms with van der Waals surface area (Å²) in [5.74, 6) is -1.21. The second kappa shape index (κ2) is 4.83. The van der Waals surface area contributed by atoms with Crippen molar-refractivity contribution < 1.29 is 19.1 Å². The molecule has 5 atom stereocenters. The van der Waals surface area contributed by atoms with Crippen LogP contribution in [0.15, 0.2) is 12.2 Å². The summed E-state index contributed by atoms with van der Waals surface area (Å²) in [5, 5.41) is 0. The molecule has 2 saturated heterocycles. The Morgan fingerprint density at radius 2 is 2.24 bits per heavy atom. The summed E-state index contributed by atoms with van der Waals surface area (Å²) < 4.78 is 11.4. The van der Waals surface area contributed by atoms with Gasteiger partial charge in [0.2, 0.25) is 5.91 Å². The van der Waals surface area contributed by atoms with Crippen molar-refractivity contribution in [3.63, 3.8) is 0 Å². The van der Waals surface area contributed by atoms with Crippen LogP contribution < -0.4 is 0 Å². The Morgan fingerprint density at radius 3 is 2.86 bits per heavy atom. The number of likely N-dealkylation sites (tertiary alicyclic amines) is 1. The molecule has 2 fully saturated rings. The molecular formula is C16H23NO4. The van der Waals surface area contributed by atoms with Crippen LogP contribution >= 0.6 is 0 Å². The number of ether oxygens (including phenoxy) is 2. The van der Waals surface area contributed by atoms with Crippen LogP contribution in [0, 0.1) is 11.8 Å². The lowest BCUT2D eigenvalue weighted by molar-refractivity contribution is -0.157. The van der Waals surface area contributed by atoms with Crippen molar-refractivity contribution in [3.8, 4) is 0 Å². The van der Waals surface area contributed by atoms with Crippen molar-refractivity contribution in [3.05, 3.63) is 12.2 Å². The molecule has 3 aliphatic heterocycles. The van der Waals surface area contributed by atoms with Crippen molar-refractivity contribution >= 4 is 11.9 Å². The van der Waals surface area contributed by atoms with Gasteiger partial charge in [-0.15, -0.1) is 0 Å². The molecule has 0 aromatic carbocycles. The number of esters is 1. The van der Waals surface area contributed by atoms with Crippen molar-refractivity contribution in [2.45, 2.75) is 58.0 Å². The number of fused-ring (bicyclic) bond motifs is 1. The van der Waals surface area contributed by atoms with E-state index in [0.717, 1.165) is 6.42 Å². The number of carbonyl (C=O) groups is 2. The largest absolute Gasteiger partial charge is 0.463 e. The first-order valence-electron chi connectivity index (χ1n) is 7.77. The summed E-state index contributed by atoms with van der Waals surface area (Å²) >= 11 is 0. The lowest BCUT2D eigenvalue weighted by Gasteiger charge is -2.26. The minimum atomic E-state index is -0.619. The predicted octanol–water partition coefficient (Wildman–Crippen LogP) is 1.52. The SMILES string of the molecule is CC[C@@H](C)N1C[C@]23C=C[C@H](O2)[C@H](C(=O)OC(C)C)[C@@H]3C1=O. The van der Waals surface area contributed by atoms with E-state index in [4.69, 9.17) is 9.47 Å². The first kappa shape index (κ1) is 14.6. The van der Waals surface area contributed by atoms with Crippen LogP contribution in [-0.4, -0.2) is 47.2 Å². The number of hydrogen-bond acceptors (Lipinski definition) is 4. The highest BCUT2D eigenvalue weighted by molar-refractivity contribution is 5.91. The van der Waals surface area contributed by atoms with Crippen LogP contribution in [0.1, 0.15) is 34.1 Å². The van der Waals surface area contributed by atoms with Crippen LogP contribution in [0.5, 0.6) is 0 Å². The van der Waals surface area contributed by atoms with Crippen molar-refractivity contribution in [1.29, 1.82) is 0 Å². The van der Waals surface area contributed by atoms with Gasteiger partial charge in [0, 0.05) is 6.04 Å². The quantitative estimate of drug-likeness (QED) is 0.582. The molecule has 1 spiro atoms. The number of amides is 1. The van der Waals surface area contributed by atoms with Gasteiger partial charge in [-0.3, -0.25) is 9.59 Å². The lowest BCUT2D eigenvalue weighted by Crippen LogP contribution is -2.41. The fraction of sp³-hybridized carbons (Fsp3) is 0.750. The highest BCUT2D eigenvalue weighted by atomic mass is 16.6.